The molecule has 3 rings (SSSR count). The van der Waals surface area contributed by atoms with Crippen LogP contribution in [-0.2, 0) is 4.79 Å². The quantitative estimate of drug-likeness (QED) is 0.707. The van der Waals surface area contributed by atoms with Crippen molar-refractivity contribution < 1.29 is 9.90 Å². The van der Waals surface area contributed by atoms with Gasteiger partial charge in [-0.25, -0.2) is 0 Å². The van der Waals surface area contributed by atoms with Gasteiger partial charge < -0.3 is 15.3 Å². The topological polar surface area (TPSA) is 107 Å². The molecule has 2 aliphatic rings. The number of hydrogen-bond acceptors (Lipinski definition) is 6. The van der Waals surface area contributed by atoms with Crippen LogP contribution in [0.2, 0.25) is 0 Å². The van der Waals surface area contributed by atoms with Crippen molar-refractivity contribution >= 4 is 11.9 Å². The second-order valence-corrected chi connectivity index (χ2v) is 5.84. The van der Waals surface area contributed by atoms with Gasteiger partial charge in [-0.1, -0.05) is 5.10 Å². The highest BCUT2D eigenvalue weighted by Crippen LogP contribution is 2.37. The molecule has 0 radical (unpaired) electrons. The number of rotatable bonds is 3. The first-order chi connectivity index (χ1) is 9.65. The number of H-pyrrole nitrogens is 1. The number of anilines is 1. The van der Waals surface area contributed by atoms with E-state index in [1.165, 1.54) is 0 Å². The molecule has 110 valence electrons. The van der Waals surface area contributed by atoms with Gasteiger partial charge in [-0.15, -0.1) is 5.10 Å². The third kappa shape index (κ3) is 2.47. The number of carbonyl (C=O) groups is 1. The summed E-state index contributed by atoms with van der Waals surface area (Å²) in [6, 6.07) is -0.0353. The van der Waals surface area contributed by atoms with Crippen LogP contribution < -0.4 is 10.2 Å². The third-order valence-electron chi connectivity index (χ3n) is 4.77. The van der Waals surface area contributed by atoms with Gasteiger partial charge >= 0.3 is 5.97 Å². The van der Waals surface area contributed by atoms with Crippen molar-refractivity contribution in [3.63, 3.8) is 0 Å². The summed E-state index contributed by atoms with van der Waals surface area (Å²) in [5, 5.41) is 26.4. The Morgan fingerprint density at radius 1 is 1.35 bits per heavy atom. The van der Waals surface area contributed by atoms with E-state index in [4.69, 9.17) is 5.11 Å². The van der Waals surface area contributed by atoms with Gasteiger partial charge in [0, 0.05) is 13.1 Å². The largest absolute Gasteiger partial charge is 0.480 e. The zero-order valence-electron chi connectivity index (χ0n) is 11.5. The second kappa shape index (κ2) is 5.35. The summed E-state index contributed by atoms with van der Waals surface area (Å²) in [7, 11) is 1.98. The number of carboxylic acids is 1. The number of piperidine rings is 1. The highest BCUT2D eigenvalue weighted by molar-refractivity contribution is 5.73. The van der Waals surface area contributed by atoms with Crippen LogP contribution in [0.1, 0.15) is 25.7 Å². The summed E-state index contributed by atoms with van der Waals surface area (Å²) in [6.07, 6.45) is 3.93. The summed E-state index contributed by atoms with van der Waals surface area (Å²) in [6.45, 7) is 0.820. The Balaban J connectivity index is 1.65. The van der Waals surface area contributed by atoms with Gasteiger partial charge in [-0.2, -0.15) is 5.21 Å². The fourth-order valence-corrected chi connectivity index (χ4v) is 3.55. The minimum absolute atomic E-state index is 0.362. The summed E-state index contributed by atoms with van der Waals surface area (Å²) >= 11 is 0. The molecule has 1 aliphatic carbocycles. The molecule has 1 aliphatic heterocycles. The molecule has 4 atom stereocenters. The molecule has 1 aromatic heterocycles. The van der Waals surface area contributed by atoms with Crippen molar-refractivity contribution in [1.82, 2.24) is 25.9 Å². The van der Waals surface area contributed by atoms with E-state index in [0.717, 1.165) is 32.2 Å². The summed E-state index contributed by atoms with van der Waals surface area (Å²) < 4.78 is 0. The molecular weight excluding hydrogens is 260 g/mol. The first kappa shape index (κ1) is 13.3. The lowest BCUT2D eigenvalue weighted by Crippen LogP contribution is -2.51. The zero-order valence-corrected chi connectivity index (χ0v) is 11.5. The Hall–Kier alpha value is -1.70. The zero-order chi connectivity index (χ0) is 14.1. The van der Waals surface area contributed by atoms with Gasteiger partial charge in [-0.05, 0) is 49.3 Å². The summed E-state index contributed by atoms with van der Waals surface area (Å²) in [5.74, 6) is 0.931. The van der Waals surface area contributed by atoms with Gasteiger partial charge in [0.25, 0.3) is 5.95 Å². The summed E-state index contributed by atoms with van der Waals surface area (Å²) in [4.78, 5) is 13.2. The van der Waals surface area contributed by atoms with Crippen LogP contribution in [0, 0.1) is 11.8 Å². The Morgan fingerprint density at radius 2 is 2.20 bits per heavy atom. The van der Waals surface area contributed by atoms with Crippen LogP contribution in [0.4, 0.5) is 5.95 Å². The van der Waals surface area contributed by atoms with Crippen molar-refractivity contribution in [2.45, 2.75) is 37.8 Å². The molecule has 2 fully saturated rings. The first-order valence-corrected chi connectivity index (χ1v) is 7.07. The maximum absolute atomic E-state index is 11.1. The standard InChI is InChI=1S/C12H20N6O2/c1-18(12-14-16-17-15-12)9-3-2-7-6-13-10(11(19)20)5-8(7)4-9/h7-10,13H,2-6H2,1H3,(H,19,20)(H,14,15,16,17)/t7-,8+,9-,10-/m0/s1. The number of fused-ring (bicyclic) bond motifs is 1. The van der Waals surface area contributed by atoms with Crippen molar-refractivity contribution in [3.8, 4) is 0 Å². The minimum atomic E-state index is -0.739. The molecule has 2 heterocycles. The van der Waals surface area contributed by atoms with Crippen LogP contribution in [-0.4, -0.2) is 57.4 Å². The Morgan fingerprint density at radius 3 is 2.90 bits per heavy atom. The van der Waals surface area contributed by atoms with E-state index in [1.54, 1.807) is 0 Å². The molecule has 0 amide bonds. The molecule has 8 heteroatoms. The predicted octanol–water partition coefficient (Wildman–Crippen LogP) is -0.133. The number of aliphatic carboxylic acids is 1. The predicted molar refractivity (Wildman–Crippen MR) is 71.2 cm³/mol. The maximum Gasteiger partial charge on any atom is 0.320 e. The van der Waals surface area contributed by atoms with E-state index >= 15 is 0 Å². The molecule has 0 unspecified atom stereocenters. The third-order valence-corrected chi connectivity index (χ3v) is 4.77. The maximum atomic E-state index is 11.1. The van der Waals surface area contributed by atoms with E-state index < -0.39 is 12.0 Å². The van der Waals surface area contributed by atoms with Gasteiger partial charge in [0.05, 0.1) is 0 Å². The van der Waals surface area contributed by atoms with Crippen molar-refractivity contribution in [1.29, 1.82) is 0 Å². The second-order valence-electron chi connectivity index (χ2n) is 5.84. The molecule has 0 spiro atoms. The lowest BCUT2D eigenvalue weighted by atomic mass is 9.71. The monoisotopic (exact) mass is 280 g/mol. The number of aromatic amines is 1. The van der Waals surface area contributed by atoms with Gasteiger partial charge in [0.2, 0.25) is 0 Å². The Kier molecular flexibility index (Phi) is 3.56. The van der Waals surface area contributed by atoms with Gasteiger partial charge in [0.15, 0.2) is 0 Å². The van der Waals surface area contributed by atoms with Crippen molar-refractivity contribution in [3.05, 3.63) is 0 Å². The van der Waals surface area contributed by atoms with Crippen LogP contribution in [0.3, 0.4) is 0 Å². The van der Waals surface area contributed by atoms with Gasteiger partial charge in [0.1, 0.15) is 6.04 Å². The van der Waals surface area contributed by atoms with E-state index in [9.17, 15) is 4.79 Å². The number of tetrazole rings is 1. The molecule has 0 aromatic carbocycles. The van der Waals surface area contributed by atoms with Crippen LogP contribution in [0.15, 0.2) is 0 Å². The fraction of sp³-hybridized carbons (Fsp3) is 0.833. The molecule has 1 saturated heterocycles. The Bertz CT molecular complexity index is 465. The van der Waals surface area contributed by atoms with E-state index in [2.05, 4.69) is 30.8 Å². The van der Waals surface area contributed by atoms with Crippen LogP contribution in [0.5, 0.6) is 0 Å². The average molecular weight is 280 g/mol. The summed E-state index contributed by atoms with van der Waals surface area (Å²) in [5.41, 5.74) is 0. The van der Waals surface area contributed by atoms with Gasteiger partial charge in [-0.3, -0.25) is 4.79 Å². The molecule has 20 heavy (non-hydrogen) atoms. The van der Waals surface area contributed by atoms with Crippen molar-refractivity contribution in [2.24, 2.45) is 11.8 Å². The SMILES string of the molecule is CN(c1nn[nH]n1)[C@H]1CC[C@H]2CN[C@H](C(=O)O)C[C@H]2C1. The van der Waals surface area contributed by atoms with Crippen LogP contribution in [0.25, 0.3) is 0 Å². The van der Waals surface area contributed by atoms with E-state index in [0.29, 0.717) is 23.8 Å². The number of carboxylic acid groups (broad SMARTS) is 1. The average Bonchev–Trinajstić information content (AvgIpc) is 2.99. The Labute approximate surface area is 116 Å². The lowest BCUT2D eigenvalue weighted by molar-refractivity contribution is -0.141. The molecule has 1 saturated carbocycles. The molecule has 8 nitrogen and oxygen atoms in total. The van der Waals surface area contributed by atoms with E-state index in [-0.39, 0.29) is 0 Å². The molecule has 0 bridgehead atoms. The van der Waals surface area contributed by atoms with Crippen molar-refractivity contribution in [2.75, 3.05) is 18.5 Å². The fourth-order valence-electron chi connectivity index (χ4n) is 3.55. The normalized spacial score (nSPS) is 33.5. The number of hydrogen-bond donors (Lipinski definition) is 3. The highest BCUT2D eigenvalue weighted by Gasteiger charge is 2.39. The molecule has 3 N–H and O–H groups in total. The smallest absolute Gasteiger partial charge is 0.320 e. The lowest BCUT2D eigenvalue weighted by Gasteiger charge is -2.43. The first-order valence-electron chi connectivity index (χ1n) is 7.07. The van der Waals surface area contributed by atoms with Crippen LogP contribution >= 0.6 is 0 Å². The number of nitrogens with zero attached hydrogens (tertiary/aromatic N) is 4. The molecule has 1 aromatic rings. The molecular formula is C12H20N6O2. The minimum Gasteiger partial charge on any atom is -0.480 e. The highest BCUT2D eigenvalue weighted by atomic mass is 16.4. The number of aromatic nitrogens is 4. The van der Waals surface area contributed by atoms with E-state index in [1.807, 2.05) is 7.05 Å². The number of nitrogens with one attached hydrogen (secondary N) is 2.